The maximum absolute atomic E-state index is 11.8. The van der Waals surface area contributed by atoms with Crippen molar-refractivity contribution in [2.75, 3.05) is 17.2 Å². The predicted octanol–water partition coefficient (Wildman–Crippen LogP) is 1.09. The summed E-state index contributed by atoms with van der Waals surface area (Å²) in [4.78, 5) is 35.7. The van der Waals surface area contributed by atoms with E-state index in [0.717, 1.165) is 10.9 Å². The SMILES string of the molecule is NC(=O)c1cnc(N[C@H]2CN[C@H](C(=O)O)C2)nc1Nc1cnc2ccccc2c1. The number of hydrogen-bond donors (Lipinski definition) is 5. The van der Waals surface area contributed by atoms with Crippen LogP contribution < -0.4 is 21.7 Å². The van der Waals surface area contributed by atoms with Crippen molar-refractivity contribution in [1.82, 2.24) is 20.3 Å². The average molecular weight is 393 g/mol. The highest BCUT2D eigenvalue weighted by Crippen LogP contribution is 2.23. The second-order valence-corrected chi connectivity index (χ2v) is 6.74. The van der Waals surface area contributed by atoms with E-state index in [9.17, 15) is 9.59 Å². The van der Waals surface area contributed by atoms with Crippen LogP contribution in [0.1, 0.15) is 16.8 Å². The number of benzene rings is 1. The van der Waals surface area contributed by atoms with Crippen LogP contribution in [0.3, 0.4) is 0 Å². The van der Waals surface area contributed by atoms with Gasteiger partial charge in [-0.1, -0.05) is 18.2 Å². The number of aliphatic carboxylic acids is 1. The Morgan fingerprint density at radius 3 is 2.79 bits per heavy atom. The van der Waals surface area contributed by atoms with Crippen LogP contribution in [0, 0.1) is 0 Å². The molecule has 29 heavy (non-hydrogen) atoms. The number of nitrogens with two attached hydrogens (primary N) is 1. The molecule has 2 aromatic heterocycles. The van der Waals surface area contributed by atoms with Crippen LogP contribution in [0.25, 0.3) is 10.9 Å². The van der Waals surface area contributed by atoms with E-state index in [1.807, 2.05) is 30.3 Å². The van der Waals surface area contributed by atoms with E-state index >= 15 is 0 Å². The van der Waals surface area contributed by atoms with Crippen LogP contribution in [0.5, 0.6) is 0 Å². The molecule has 1 aliphatic rings. The summed E-state index contributed by atoms with van der Waals surface area (Å²) in [5.74, 6) is -1.05. The summed E-state index contributed by atoms with van der Waals surface area (Å²) in [7, 11) is 0. The van der Waals surface area contributed by atoms with Gasteiger partial charge in [-0.3, -0.25) is 14.6 Å². The van der Waals surface area contributed by atoms with Gasteiger partial charge in [0.25, 0.3) is 5.91 Å². The summed E-state index contributed by atoms with van der Waals surface area (Å²) in [5, 5.41) is 19.1. The minimum Gasteiger partial charge on any atom is -0.480 e. The number of para-hydroxylation sites is 1. The van der Waals surface area contributed by atoms with E-state index < -0.39 is 17.9 Å². The molecule has 1 fully saturated rings. The Labute approximate surface area is 165 Å². The fraction of sp³-hybridized carbons (Fsp3) is 0.211. The summed E-state index contributed by atoms with van der Waals surface area (Å²) in [6, 6.07) is 8.78. The number of fused-ring (bicyclic) bond motifs is 1. The highest BCUT2D eigenvalue weighted by atomic mass is 16.4. The molecule has 10 heteroatoms. The fourth-order valence-electron chi connectivity index (χ4n) is 3.22. The van der Waals surface area contributed by atoms with Gasteiger partial charge in [0.2, 0.25) is 5.95 Å². The van der Waals surface area contributed by atoms with Gasteiger partial charge < -0.3 is 26.8 Å². The molecule has 0 radical (unpaired) electrons. The fourth-order valence-corrected chi connectivity index (χ4v) is 3.22. The third kappa shape index (κ3) is 4.06. The van der Waals surface area contributed by atoms with Gasteiger partial charge in [0.1, 0.15) is 17.4 Å². The third-order valence-corrected chi connectivity index (χ3v) is 4.67. The molecule has 4 rings (SSSR count). The van der Waals surface area contributed by atoms with E-state index in [4.69, 9.17) is 10.8 Å². The molecule has 0 saturated carbocycles. The molecule has 0 bridgehead atoms. The van der Waals surface area contributed by atoms with Gasteiger partial charge in [-0.15, -0.1) is 0 Å². The van der Waals surface area contributed by atoms with Crippen molar-refractivity contribution in [3.05, 3.63) is 48.3 Å². The lowest BCUT2D eigenvalue weighted by molar-refractivity contribution is -0.139. The van der Waals surface area contributed by atoms with E-state index in [-0.39, 0.29) is 23.4 Å². The zero-order valence-electron chi connectivity index (χ0n) is 15.3. The Kier molecular flexibility index (Phi) is 4.92. The van der Waals surface area contributed by atoms with Crippen LogP contribution >= 0.6 is 0 Å². The zero-order valence-corrected chi connectivity index (χ0v) is 15.3. The first-order chi connectivity index (χ1) is 14.0. The number of anilines is 3. The van der Waals surface area contributed by atoms with E-state index in [1.165, 1.54) is 6.20 Å². The van der Waals surface area contributed by atoms with Gasteiger partial charge >= 0.3 is 5.97 Å². The van der Waals surface area contributed by atoms with Gasteiger partial charge in [-0.2, -0.15) is 4.98 Å². The largest absolute Gasteiger partial charge is 0.480 e. The lowest BCUT2D eigenvalue weighted by Gasteiger charge is -2.14. The lowest BCUT2D eigenvalue weighted by atomic mass is 10.2. The maximum atomic E-state index is 11.8. The highest BCUT2D eigenvalue weighted by molar-refractivity contribution is 5.98. The van der Waals surface area contributed by atoms with Crippen molar-refractivity contribution < 1.29 is 14.7 Å². The Morgan fingerprint density at radius 1 is 1.21 bits per heavy atom. The molecule has 0 unspecified atom stereocenters. The molecule has 1 aliphatic heterocycles. The molecule has 1 aromatic carbocycles. The first-order valence-corrected chi connectivity index (χ1v) is 9.01. The highest BCUT2D eigenvalue weighted by Gasteiger charge is 2.29. The van der Waals surface area contributed by atoms with Crippen molar-refractivity contribution in [3.63, 3.8) is 0 Å². The van der Waals surface area contributed by atoms with Gasteiger partial charge in [0.15, 0.2) is 0 Å². The summed E-state index contributed by atoms with van der Waals surface area (Å²) in [6.45, 7) is 0.468. The molecule has 0 aliphatic carbocycles. The average Bonchev–Trinajstić information content (AvgIpc) is 3.17. The number of primary amides is 1. The van der Waals surface area contributed by atoms with Crippen LogP contribution in [-0.4, -0.2) is 50.6 Å². The number of nitrogens with one attached hydrogen (secondary N) is 3. The first-order valence-electron chi connectivity index (χ1n) is 9.01. The molecule has 6 N–H and O–H groups in total. The molecule has 1 saturated heterocycles. The molecule has 3 heterocycles. The smallest absolute Gasteiger partial charge is 0.320 e. The van der Waals surface area contributed by atoms with Gasteiger partial charge in [0, 0.05) is 24.2 Å². The Morgan fingerprint density at radius 2 is 2.03 bits per heavy atom. The lowest BCUT2D eigenvalue weighted by Crippen LogP contribution is -2.30. The van der Waals surface area contributed by atoms with Gasteiger partial charge in [0.05, 0.1) is 17.4 Å². The number of carboxylic acids is 1. The summed E-state index contributed by atoms with van der Waals surface area (Å²) in [5.41, 5.74) is 7.08. The van der Waals surface area contributed by atoms with E-state index in [0.29, 0.717) is 18.7 Å². The predicted molar refractivity (Wildman–Crippen MR) is 107 cm³/mol. The second-order valence-electron chi connectivity index (χ2n) is 6.74. The van der Waals surface area contributed by atoms with Crippen LogP contribution in [0.4, 0.5) is 17.5 Å². The second kappa shape index (κ2) is 7.68. The molecular formula is C19H19N7O3. The van der Waals surface area contributed by atoms with Crippen LogP contribution in [0.2, 0.25) is 0 Å². The number of nitrogens with zero attached hydrogens (tertiary/aromatic N) is 3. The number of aromatic nitrogens is 3. The number of rotatable bonds is 6. The van der Waals surface area contributed by atoms with Gasteiger partial charge in [-0.05, 0) is 18.6 Å². The first kappa shape index (κ1) is 18.6. The Bertz CT molecular complexity index is 1090. The summed E-state index contributed by atoms with van der Waals surface area (Å²) >= 11 is 0. The topological polar surface area (TPSA) is 155 Å². The zero-order chi connectivity index (χ0) is 20.4. The molecular weight excluding hydrogens is 374 g/mol. The van der Waals surface area contributed by atoms with Crippen molar-refractivity contribution in [3.8, 4) is 0 Å². The number of carbonyl (C=O) groups excluding carboxylic acids is 1. The van der Waals surface area contributed by atoms with Crippen LogP contribution in [0.15, 0.2) is 42.7 Å². The third-order valence-electron chi connectivity index (χ3n) is 4.67. The van der Waals surface area contributed by atoms with E-state index in [1.54, 1.807) is 6.20 Å². The Hall–Kier alpha value is -3.79. The molecule has 148 valence electrons. The normalized spacial score (nSPS) is 18.5. The van der Waals surface area contributed by atoms with Crippen molar-refractivity contribution in [2.24, 2.45) is 5.73 Å². The summed E-state index contributed by atoms with van der Waals surface area (Å²) < 4.78 is 0. The summed E-state index contributed by atoms with van der Waals surface area (Å²) in [6.07, 6.45) is 3.37. The van der Waals surface area contributed by atoms with E-state index in [2.05, 4.69) is 30.9 Å². The van der Waals surface area contributed by atoms with Crippen LogP contribution in [-0.2, 0) is 4.79 Å². The molecule has 3 aromatic rings. The number of hydrogen-bond acceptors (Lipinski definition) is 8. The molecule has 10 nitrogen and oxygen atoms in total. The maximum Gasteiger partial charge on any atom is 0.320 e. The standard InChI is InChI=1S/C19H19N7O3/c20-16(27)13-9-23-19(25-12-6-15(18(28)29)22-8-12)26-17(13)24-11-5-10-3-1-2-4-14(10)21-7-11/h1-5,7,9,12,15,22H,6,8H2,(H2,20,27)(H,28,29)(H2,23,24,25,26)/t12-,15+/m1/s1. The number of amides is 1. The molecule has 0 spiro atoms. The molecule has 2 atom stereocenters. The number of carboxylic acid groups (broad SMARTS) is 1. The quantitative estimate of drug-likeness (QED) is 0.414. The van der Waals surface area contributed by atoms with Crippen molar-refractivity contribution in [1.29, 1.82) is 0 Å². The van der Waals surface area contributed by atoms with Crippen molar-refractivity contribution in [2.45, 2.75) is 18.5 Å². The van der Waals surface area contributed by atoms with Gasteiger partial charge in [-0.25, -0.2) is 4.98 Å². The minimum atomic E-state index is -0.898. The number of carbonyl (C=O) groups is 2. The monoisotopic (exact) mass is 393 g/mol. The minimum absolute atomic E-state index is 0.136. The van der Waals surface area contributed by atoms with Crippen molar-refractivity contribution >= 4 is 40.2 Å². The molecule has 1 amide bonds. The Balaban J connectivity index is 1.58. The number of pyridine rings is 1.